The Balaban J connectivity index is 1.42. The maximum absolute atomic E-state index is 12.9. The molecule has 1 N–H and O–H groups in total. The average Bonchev–Trinajstić information content (AvgIpc) is 3.17. The summed E-state index contributed by atoms with van der Waals surface area (Å²) in [5.41, 5.74) is 2.59. The van der Waals surface area contributed by atoms with Crippen molar-refractivity contribution in [2.24, 2.45) is 0 Å². The Morgan fingerprint density at radius 2 is 1.85 bits per heavy atom. The van der Waals surface area contributed by atoms with Crippen LogP contribution in [0.15, 0.2) is 65.6 Å². The summed E-state index contributed by atoms with van der Waals surface area (Å²) >= 11 is 6.72. The van der Waals surface area contributed by atoms with E-state index in [1.165, 1.54) is 25.3 Å². The molecule has 0 aliphatic carbocycles. The molecule has 0 saturated carbocycles. The number of amides is 3. The lowest BCUT2D eigenvalue weighted by molar-refractivity contribution is -0.384. The van der Waals surface area contributed by atoms with Crippen LogP contribution in [0, 0.1) is 17.0 Å². The number of non-ortho nitro benzene ring substituents is 1. The molecule has 0 radical (unpaired) electrons. The SMILES string of the molecule is COc1cc(/C=C2/SC(=O)N(CC(=O)Nc3cc(Cl)ccc3C)C2=O)ccc1OCc1ccc([N+](=O)[O-])cc1. The zero-order valence-corrected chi connectivity index (χ0v) is 22.4. The lowest BCUT2D eigenvalue weighted by Gasteiger charge is -2.14. The van der Waals surface area contributed by atoms with Gasteiger partial charge in [-0.2, -0.15) is 0 Å². The molecule has 39 heavy (non-hydrogen) atoms. The highest BCUT2D eigenvalue weighted by molar-refractivity contribution is 8.18. The molecule has 200 valence electrons. The van der Waals surface area contributed by atoms with Crippen LogP contribution in [0.4, 0.5) is 16.2 Å². The number of carbonyl (C=O) groups excluding carboxylic acids is 3. The van der Waals surface area contributed by atoms with Crippen LogP contribution in [0.25, 0.3) is 6.08 Å². The van der Waals surface area contributed by atoms with E-state index < -0.39 is 28.5 Å². The summed E-state index contributed by atoms with van der Waals surface area (Å²) in [5, 5.41) is 13.4. The first-order valence-corrected chi connectivity index (χ1v) is 12.7. The first-order chi connectivity index (χ1) is 18.6. The first kappa shape index (κ1) is 27.7. The van der Waals surface area contributed by atoms with Crippen molar-refractivity contribution in [3.63, 3.8) is 0 Å². The van der Waals surface area contributed by atoms with Crippen molar-refractivity contribution < 1.29 is 28.8 Å². The number of hydrogen-bond donors (Lipinski definition) is 1. The van der Waals surface area contributed by atoms with E-state index in [1.54, 1.807) is 55.5 Å². The van der Waals surface area contributed by atoms with Gasteiger partial charge >= 0.3 is 0 Å². The van der Waals surface area contributed by atoms with Gasteiger partial charge in [0.05, 0.1) is 16.9 Å². The second-order valence-electron chi connectivity index (χ2n) is 8.40. The molecular formula is C27H22ClN3O7S. The molecule has 1 aliphatic rings. The lowest BCUT2D eigenvalue weighted by Crippen LogP contribution is -2.36. The van der Waals surface area contributed by atoms with E-state index in [1.807, 2.05) is 0 Å². The van der Waals surface area contributed by atoms with Gasteiger partial charge in [-0.25, -0.2) is 0 Å². The number of anilines is 1. The van der Waals surface area contributed by atoms with Crippen LogP contribution in [0.2, 0.25) is 5.02 Å². The van der Waals surface area contributed by atoms with Gasteiger partial charge in [0, 0.05) is 22.8 Å². The summed E-state index contributed by atoms with van der Waals surface area (Å²) in [5.74, 6) is -0.296. The van der Waals surface area contributed by atoms with Crippen LogP contribution in [0.5, 0.6) is 11.5 Å². The minimum absolute atomic E-state index is 0.0121. The van der Waals surface area contributed by atoms with Crippen molar-refractivity contribution >= 4 is 57.9 Å². The number of ether oxygens (including phenoxy) is 2. The molecule has 1 fully saturated rings. The summed E-state index contributed by atoms with van der Waals surface area (Å²) < 4.78 is 11.2. The minimum atomic E-state index is -0.583. The van der Waals surface area contributed by atoms with E-state index in [9.17, 15) is 24.5 Å². The molecule has 0 unspecified atom stereocenters. The molecule has 1 heterocycles. The summed E-state index contributed by atoms with van der Waals surface area (Å²) in [6, 6.07) is 16.0. The number of methoxy groups -OCH3 is 1. The topological polar surface area (TPSA) is 128 Å². The summed E-state index contributed by atoms with van der Waals surface area (Å²) in [4.78, 5) is 49.3. The van der Waals surface area contributed by atoms with E-state index >= 15 is 0 Å². The maximum atomic E-state index is 12.9. The van der Waals surface area contributed by atoms with E-state index in [-0.39, 0.29) is 17.2 Å². The Morgan fingerprint density at radius 3 is 2.54 bits per heavy atom. The molecular weight excluding hydrogens is 546 g/mol. The lowest BCUT2D eigenvalue weighted by atomic mass is 10.1. The van der Waals surface area contributed by atoms with Crippen molar-refractivity contribution in [3.05, 3.63) is 97.4 Å². The number of rotatable bonds is 9. The first-order valence-electron chi connectivity index (χ1n) is 11.5. The molecule has 3 amide bonds. The third-order valence-electron chi connectivity index (χ3n) is 5.68. The van der Waals surface area contributed by atoms with Gasteiger partial charge in [0.15, 0.2) is 11.5 Å². The number of carbonyl (C=O) groups is 3. The number of imide groups is 1. The van der Waals surface area contributed by atoms with Gasteiger partial charge in [-0.1, -0.05) is 23.7 Å². The number of nitro benzene ring substituents is 1. The number of halogens is 1. The Morgan fingerprint density at radius 1 is 1.10 bits per heavy atom. The van der Waals surface area contributed by atoms with Crippen LogP contribution in [-0.2, 0) is 16.2 Å². The van der Waals surface area contributed by atoms with Crippen LogP contribution >= 0.6 is 23.4 Å². The molecule has 0 spiro atoms. The van der Waals surface area contributed by atoms with Crippen molar-refractivity contribution in [3.8, 4) is 11.5 Å². The molecule has 3 aromatic carbocycles. The predicted octanol–water partition coefficient (Wildman–Crippen LogP) is 5.82. The molecule has 1 saturated heterocycles. The van der Waals surface area contributed by atoms with E-state index in [0.29, 0.717) is 27.8 Å². The largest absolute Gasteiger partial charge is 0.493 e. The van der Waals surface area contributed by atoms with Gasteiger partial charge in [-0.15, -0.1) is 0 Å². The quantitative estimate of drug-likeness (QED) is 0.195. The molecule has 4 rings (SSSR count). The molecule has 3 aromatic rings. The highest BCUT2D eigenvalue weighted by Gasteiger charge is 2.36. The average molecular weight is 568 g/mol. The normalized spacial score (nSPS) is 14.0. The summed E-state index contributed by atoms with van der Waals surface area (Å²) in [6.45, 7) is 1.52. The second-order valence-corrected chi connectivity index (χ2v) is 9.83. The van der Waals surface area contributed by atoms with Gasteiger partial charge in [-0.3, -0.25) is 29.4 Å². The highest BCUT2D eigenvalue weighted by atomic mass is 35.5. The fourth-order valence-electron chi connectivity index (χ4n) is 3.62. The van der Waals surface area contributed by atoms with Gasteiger partial charge in [0.2, 0.25) is 5.91 Å². The third kappa shape index (κ3) is 6.75. The highest BCUT2D eigenvalue weighted by Crippen LogP contribution is 2.35. The van der Waals surface area contributed by atoms with Gasteiger partial charge in [0.25, 0.3) is 16.8 Å². The molecule has 0 aromatic heterocycles. The van der Waals surface area contributed by atoms with Crippen LogP contribution < -0.4 is 14.8 Å². The third-order valence-corrected chi connectivity index (χ3v) is 6.82. The van der Waals surface area contributed by atoms with Gasteiger partial charge < -0.3 is 14.8 Å². The Bertz CT molecular complexity index is 1490. The Kier molecular flexibility index (Phi) is 8.52. The Labute approximate surface area is 232 Å². The van der Waals surface area contributed by atoms with Crippen molar-refractivity contribution in [2.75, 3.05) is 19.0 Å². The van der Waals surface area contributed by atoms with Crippen molar-refractivity contribution in [2.45, 2.75) is 13.5 Å². The van der Waals surface area contributed by atoms with Crippen molar-refractivity contribution in [1.29, 1.82) is 0 Å². The molecule has 10 nitrogen and oxygen atoms in total. The zero-order chi connectivity index (χ0) is 28.1. The molecule has 12 heteroatoms. The monoisotopic (exact) mass is 567 g/mol. The predicted molar refractivity (Wildman–Crippen MR) is 148 cm³/mol. The number of nitro groups is 1. The number of nitrogens with one attached hydrogen (secondary N) is 1. The van der Waals surface area contributed by atoms with E-state index in [0.717, 1.165) is 27.8 Å². The van der Waals surface area contributed by atoms with Crippen molar-refractivity contribution in [1.82, 2.24) is 4.90 Å². The molecule has 0 atom stereocenters. The fourth-order valence-corrected chi connectivity index (χ4v) is 4.63. The van der Waals surface area contributed by atoms with Crippen LogP contribution in [0.1, 0.15) is 16.7 Å². The van der Waals surface area contributed by atoms with Gasteiger partial charge in [0.1, 0.15) is 13.2 Å². The summed E-state index contributed by atoms with van der Waals surface area (Å²) in [6.07, 6.45) is 1.53. The van der Waals surface area contributed by atoms with E-state index in [4.69, 9.17) is 21.1 Å². The van der Waals surface area contributed by atoms with Crippen LogP contribution in [0.3, 0.4) is 0 Å². The Hall–Kier alpha value is -4.35. The zero-order valence-electron chi connectivity index (χ0n) is 20.8. The van der Waals surface area contributed by atoms with Crippen LogP contribution in [-0.4, -0.2) is 40.5 Å². The second kappa shape index (κ2) is 12.0. The number of aryl methyl sites for hydroxylation is 1. The number of benzene rings is 3. The number of hydrogen-bond acceptors (Lipinski definition) is 8. The summed E-state index contributed by atoms with van der Waals surface area (Å²) in [7, 11) is 1.46. The fraction of sp³-hybridized carbons (Fsp3) is 0.148. The van der Waals surface area contributed by atoms with E-state index in [2.05, 4.69) is 5.32 Å². The maximum Gasteiger partial charge on any atom is 0.294 e. The smallest absolute Gasteiger partial charge is 0.294 e. The number of nitrogens with zero attached hydrogens (tertiary/aromatic N) is 2. The standard InChI is InChI=1S/C27H22ClN3O7S/c1-16-3-7-19(28)13-21(16)29-25(32)14-30-26(33)24(39-27(30)34)12-18-6-10-22(23(11-18)37-2)38-15-17-4-8-20(9-5-17)31(35)36/h3-13H,14-15H2,1-2H3,(H,29,32)/b24-12+. The number of thioether (sulfide) groups is 1. The minimum Gasteiger partial charge on any atom is -0.493 e. The van der Waals surface area contributed by atoms with Gasteiger partial charge in [-0.05, 0) is 77.9 Å². The molecule has 1 aliphatic heterocycles. The molecule has 0 bridgehead atoms.